The van der Waals surface area contributed by atoms with Gasteiger partial charge in [-0.2, -0.15) is 9.78 Å². The normalized spacial score (nSPS) is 14.9. The number of benzene rings is 2. The van der Waals surface area contributed by atoms with Gasteiger partial charge < -0.3 is 4.74 Å². The van der Waals surface area contributed by atoms with Crippen LogP contribution in [0.25, 0.3) is 10.9 Å². The van der Waals surface area contributed by atoms with E-state index >= 15 is 0 Å². The van der Waals surface area contributed by atoms with E-state index in [2.05, 4.69) is 5.10 Å². The Hall–Kier alpha value is -3.55. The maximum Gasteiger partial charge on any atom is 0.311 e. The minimum Gasteiger partial charge on any atom is -0.487 e. The van der Waals surface area contributed by atoms with E-state index in [0.717, 1.165) is 25.7 Å². The largest absolute Gasteiger partial charge is 0.487 e. The molecule has 31 heavy (non-hydrogen) atoms. The molecule has 8 nitrogen and oxygen atoms in total. The van der Waals surface area contributed by atoms with E-state index in [4.69, 9.17) is 9.72 Å². The van der Waals surface area contributed by atoms with Crippen molar-refractivity contribution in [3.8, 4) is 5.75 Å². The molecule has 0 spiro atoms. The number of nitrogens with zero attached hydrogens (tertiary/aromatic N) is 4. The van der Waals surface area contributed by atoms with Gasteiger partial charge in [0.25, 0.3) is 5.56 Å². The highest BCUT2D eigenvalue weighted by Crippen LogP contribution is 2.32. The Morgan fingerprint density at radius 1 is 1.19 bits per heavy atom. The molecule has 8 heteroatoms. The number of para-hydroxylation sites is 2. The Bertz CT molecular complexity index is 1200. The number of fused-ring (bicyclic) bond motifs is 1. The van der Waals surface area contributed by atoms with Gasteiger partial charge in [-0.25, -0.2) is 4.98 Å². The van der Waals surface area contributed by atoms with Crippen LogP contribution in [-0.2, 0) is 0 Å². The first-order valence-electron chi connectivity index (χ1n) is 10.6. The zero-order chi connectivity index (χ0) is 21.8. The van der Waals surface area contributed by atoms with Crippen LogP contribution in [0.15, 0.2) is 52.4 Å². The molecule has 0 N–H and O–H groups in total. The van der Waals surface area contributed by atoms with Gasteiger partial charge >= 0.3 is 5.69 Å². The Morgan fingerprint density at radius 3 is 2.71 bits per heavy atom. The van der Waals surface area contributed by atoms with Gasteiger partial charge in [0.05, 0.1) is 28.6 Å². The number of nitro benzene ring substituents is 1. The third kappa shape index (κ3) is 4.19. The summed E-state index contributed by atoms with van der Waals surface area (Å²) in [6.07, 6.45) is 6.74. The van der Waals surface area contributed by atoms with Gasteiger partial charge in [0, 0.05) is 17.5 Å². The van der Waals surface area contributed by atoms with E-state index in [1.165, 1.54) is 23.4 Å². The highest BCUT2D eigenvalue weighted by atomic mass is 16.6. The lowest BCUT2D eigenvalue weighted by Gasteiger charge is -2.22. The third-order valence-corrected chi connectivity index (χ3v) is 5.57. The van der Waals surface area contributed by atoms with Crippen molar-refractivity contribution in [2.75, 3.05) is 6.61 Å². The minimum absolute atomic E-state index is 0.137. The van der Waals surface area contributed by atoms with Crippen LogP contribution in [0.3, 0.4) is 0 Å². The van der Waals surface area contributed by atoms with Gasteiger partial charge in [-0.3, -0.25) is 14.9 Å². The quantitative estimate of drug-likeness (QED) is 0.329. The maximum atomic E-state index is 13.3. The van der Waals surface area contributed by atoms with Crippen LogP contribution in [-0.4, -0.2) is 27.4 Å². The fraction of sp³-hybridized carbons (Fsp3) is 0.348. The van der Waals surface area contributed by atoms with Gasteiger partial charge in [-0.05, 0) is 38.0 Å². The molecule has 1 heterocycles. The lowest BCUT2D eigenvalue weighted by Crippen LogP contribution is -2.25. The predicted octanol–water partition coefficient (Wildman–Crippen LogP) is 4.63. The SMILES string of the molecule is CCOc1c(C=Nn2c(C3CCCCC3)nc3ccccc3c2=O)cccc1[N+](=O)[O-]. The van der Waals surface area contributed by atoms with Crippen molar-refractivity contribution in [1.82, 2.24) is 9.66 Å². The first kappa shape index (κ1) is 20.7. The fourth-order valence-electron chi connectivity index (χ4n) is 4.09. The van der Waals surface area contributed by atoms with E-state index in [-0.39, 0.29) is 29.5 Å². The zero-order valence-corrected chi connectivity index (χ0v) is 17.4. The third-order valence-electron chi connectivity index (χ3n) is 5.57. The molecule has 3 aromatic rings. The summed E-state index contributed by atoms with van der Waals surface area (Å²) in [6, 6.07) is 11.9. The first-order valence-corrected chi connectivity index (χ1v) is 10.6. The Kier molecular flexibility index (Phi) is 6.06. The summed E-state index contributed by atoms with van der Waals surface area (Å²) < 4.78 is 6.88. The first-order chi connectivity index (χ1) is 15.1. The topological polar surface area (TPSA) is 99.6 Å². The van der Waals surface area contributed by atoms with Crippen LogP contribution in [0, 0.1) is 10.1 Å². The molecule has 1 saturated carbocycles. The van der Waals surface area contributed by atoms with E-state index in [9.17, 15) is 14.9 Å². The lowest BCUT2D eigenvalue weighted by atomic mass is 9.88. The van der Waals surface area contributed by atoms with Crippen LogP contribution < -0.4 is 10.3 Å². The van der Waals surface area contributed by atoms with Crippen molar-refractivity contribution in [3.05, 3.63) is 74.3 Å². The molecule has 1 fully saturated rings. The Morgan fingerprint density at radius 2 is 1.97 bits per heavy atom. The summed E-state index contributed by atoms with van der Waals surface area (Å²) in [5, 5.41) is 16.3. The van der Waals surface area contributed by atoms with Crippen molar-refractivity contribution in [3.63, 3.8) is 0 Å². The Labute approximate surface area is 179 Å². The summed E-state index contributed by atoms with van der Waals surface area (Å²) in [6.45, 7) is 2.03. The molecule has 0 radical (unpaired) electrons. The highest BCUT2D eigenvalue weighted by Gasteiger charge is 2.23. The summed E-state index contributed by atoms with van der Waals surface area (Å²) in [7, 11) is 0. The summed E-state index contributed by atoms with van der Waals surface area (Å²) in [5.41, 5.74) is 0.712. The van der Waals surface area contributed by atoms with Crippen molar-refractivity contribution < 1.29 is 9.66 Å². The van der Waals surface area contributed by atoms with Crippen LogP contribution in [0.1, 0.15) is 56.3 Å². The van der Waals surface area contributed by atoms with Crippen LogP contribution in [0.2, 0.25) is 0 Å². The van der Waals surface area contributed by atoms with Gasteiger partial charge in [-0.1, -0.05) is 37.5 Å². The van der Waals surface area contributed by atoms with Gasteiger partial charge in [0.1, 0.15) is 5.82 Å². The van der Waals surface area contributed by atoms with Crippen molar-refractivity contribution in [1.29, 1.82) is 0 Å². The minimum atomic E-state index is -0.487. The second-order valence-corrected chi connectivity index (χ2v) is 7.57. The number of ether oxygens (including phenoxy) is 1. The van der Waals surface area contributed by atoms with E-state index < -0.39 is 4.92 Å². The second-order valence-electron chi connectivity index (χ2n) is 7.57. The Balaban J connectivity index is 1.85. The molecule has 1 aliphatic rings. The number of rotatable bonds is 6. The molecule has 0 atom stereocenters. The zero-order valence-electron chi connectivity index (χ0n) is 17.4. The monoisotopic (exact) mass is 420 g/mol. The highest BCUT2D eigenvalue weighted by molar-refractivity contribution is 5.86. The number of aromatic nitrogens is 2. The van der Waals surface area contributed by atoms with Gasteiger partial charge in [-0.15, -0.1) is 0 Å². The molecule has 4 rings (SSSR count). The van der Waals surface area contributed by atoms with E-state index in [0.29, 0.717) is 22.3 Å². The smallest absolute Gasteiger partial charge is 0.311 e. The standard InChI is InChI=1S/C23H24N4O4/c1-2-31-21-17(11-8-14-20(21)27(29)30)15-24-26-22(16-9-4-3-5-10-16)25-19-13-7-6-12-18(19)23(26)28/h6-8,11-16H,2-5,9-10H2,1H3. The van der Waals surface area contributed by atoms with Gasteiger partial charge in [0.2, 0.25) is 5.75 Å². The van der Waals surface area contributed by atoms with Crippen LogP contribution >= 0.6 is 0 Å². The maximum absolute atomic E-state index is 13.3. The number of nitro groups is 1. The van der Waals surface area contributed by atoms with E-state index in [1.54, 1.807) is 31.2 Å². The lowest BCUT2D eigenvalue weighted by molar-refractivity contribution is -0.385. The van der Waals surface area contributed by atoms with Crippen LogP contribution in [0.5, 0.6) is 5.75 Å². The van der Waals surface area contributed by atoms with Crippen molar-refractivity contribution >= 4 is 22.8 Å². The molecule has 0 unspecified atom stereocenters. The second kappa shape index (κ2) is 9.07. The number of hydrogen-bond acceptors (Lipinski definition) is 6. The summed E-state index contributed by atoms with van der Waals surface area (Å²) in [5.74, 6) is 0.933. The van der Waals surface area contributed by atoms with Gasteiger partial charge in [0.15, 0.2) is 0 Å². The van der Waals surface area contributed by atoms with Crippen LogP contribution in [0.4, 0.5) is 5.69 Å². The molecular formula is C23H24N4O4. The summed E-state index contributed by atoms with van der Waals surface area (Å²) >= 11 is 0. The molecule has 160 valence electrons. The molecule has 0 amide bonds. The van der Waals surface area contributed by atoms with E-state index in [1.807, 2.05) is 12.1 Å². The number of hydrogen-bond donors (Lipinski definition) is 0. The molecular weight excluding hydrogens is 396 g/mol. The molecule has 1 aliphatic carbocycles. The molecule has 0 bridgehead atoms. The fourth-order valence-corrected chi connectivity index (χ4v) is 4.09. The van der Waals surface area contributed by atoms with Crippen molar-refractivity contribution in [2.24, 2.45) is 5.10 Å². The molecule has 0 saturated heterocycles. The average molecular weight is 420 g/mol. The average Bonchev–Trinajstić information content (AvgIpc) is 2.79. The predicted molar refractivity (Wildman–Crippen MR) is 119 cm³/mol. The van der Waals surface area contributed by atoms with Crippen molar-refractivity contribution in [2.45, 2.75) is 44.9 Å². The summed E-state index contributed by atoms with van der Waals surface area (Å²) in [4.78, 5) is 29.0. The molecule has 1 aromatic heterocycles. The molecule has 2 aromatic carbocycles. The molecule has 0 aliphatic heterocycles.